The van der Waals surface area contributed by atoms with Gasteiger partial charge in [0, 0.05) is 17.2 Å². The van der Waals surface area contributed by atoms with Crippen LogP contribution in [-0.4, -0.2) is 26.4 Å². The standard InChI is InChI=1S/C22H29O4/c1-5-13-25-18-10-12-22(26-14-6-2)20(16-18)19-15-17(23-7-3)9-11-21(19)24-8-4/h9,11-12,15-16H,5-8,13-14H2,1-4H3. The summed E-state index contributed by atoms with van der Waals surface area (Å²) in [4.78, 5) is 0. The summed E-state index contributed by atoms with van der Waals surface area (Å²) in [6.07, 6.45) is 1.88. The molecule has 0 unspecified atom stereocenters. The summed E-state index contributed by atoms with van der Waals surface area (Å²) in [6, 6.07) is 12.8. The summed E-state index contributed by atoms with van der Waals surface area (Å²) >= 11 is 0. The van der Waals surface area contributed by atoms with E-state index in [2.05, 4.69) is 19.9 Å². The zero-order chi connectivity index (χ0) is 18.8. The van der Waals surface area contributed by atoms with E-state index in [1.807, 2.05) is 44.2 Å². The van der Waals surface area contributed by atoms with Crippen molar-refractivity contribution in [2.24, 2.45) is 0 Å². The Morgan fingerprint density at radius 1 is 0.731 bits per heavy atom. The first-order chi connectivity index (χ1) is 12.7. The lowest BCUT2D eigenvalue weighted by molar-refractivity contribution is 0.308. The number of hydrogen-bond acceptors (Lipinski definition) is 4. The van der Waals surface area contributed by atoms with Crippen molar-refractivity contribution < 1.29 is 18.9 Å². The van der Waals surface area contributed by atoms with E-state index in [-0.39, 0.29) is 0 Å². The van der Waals surface area contributed by atoms with Gasteiger partial charge in [0.2, 0.25) is 0 Å². The summed E-state index contributed by atoms with van der Waals surface area (Å²) in [7, 11) is 0. The molecule has 0 fully saturated rings. The molecular weight excluding hydrogens is 328 g/mol. The van der Waals surface area contributed by atoms with Gasteiger partial charge in [-0.25, -0.2) is 0 Å². The lowest BCUT2D eigenvalue weighted by atomic mass is 10.0. The molecule has 0 N–H and O–H groups in total. The Morgan fingerprint density at radius 2 is 1.42 bits per heavy atom. The van der Waals surface area contributed by atoms with Gasteiger partial charge in [-0.1, -0.05) is 13.8 Å². The molecule has 0 aliphatic rings. The van der Waals surface area contributed by atoms with Gasteiger partial charge in [0.1, 0.15) is 23.0 Å². The second-order valence-electron chi connectivity index (χ2n) is 5.80. The minimum Gasteiger partial charge on any atom is -0.494 e. The van der Waals surface area contributed by atoms with E-state index >= 15 is 0 Å². The maximum Gasteiger partial charge on any atom is 0.128 e. The molecule has 0 atom stereocenters. The van der Waals surface area contributed by atoms with Gasteiger partial charge in [-0.05, 0) is 57.0 Å². The number of rotatable bonds is 11. The molecule has 0 aromatic heterocycles. The van der Waals surface area contributed by atoms with Crippen molar-refractivity contribution in [2.75, 3.05) is 26.4 Å². The van der Waals surface area contributed by atoms with Crippen LogP contribution in [0.4, 0.5) is 0 Å². The summed E-state index contributed by atoms with van der Waals surface area (Å²) in [5.74, 6) is 3.07. The van der Waals surface area contributed by atoms with E-state index in [0.717, 1.165) is 41.2 Å². The van der Waals surface area contributed by atoms with Crippen molar-refractivity contribution in [2.45, 2.75) is 40.5 Å². The quantitative estimate of drug-likeness (QED) is 0.530. The average molecular weight is 357 g/mol. The Bertz CT molecular complexity index is 682. The second-order valence-corrected chi connectivity index (χ2v) is 5.80. The Labute approximate surface area is 157 Å². The highest BCUT2D eigenvalue weighted by molar-refractivity contribution is 5.78. The normalized spacial score (nSPS) is 10.5. The molecule has 4 heteroatoms. The van der Waals surface area contributed by atoms with E-state index in [1.165, 1.54) is 0 Å². The Hall–Kier alpha value is -2.36. The molecule has 0 heterocycles. The van der Waals surface area contributed by atoms with Crippen molar-refractivity contribution in [1.82, 2.24) is 0 Å². The van der Waals surface area contributed by atoms with Crippen molar-refractivity contribution in [3.8, 4) is 34.1 Å². The largest absolute Gasteiger partial charge is 0.494 e. The molecule has 0 amide bonds. The van der Waals surface area contributed by atoms with Crippen LogP contribution in [-0.2, 0) is 0 Å². The summed E-state index contributed by atoms with van der Waals surface area (Å²) in [5, 5.41) is 0. The third-order valence-electron chi connectivity index (χ3n) is 3.66. The summed E-state index contributed by atoms with van der Waals surface area (Å²) in [5.41, 5.74) is 1.85. The lowest BCUT2D eigenvalue weighted by Gasteiger charge is -2.17. The van der Waals surface area contributed by atoms with Crippen LogP contribution in [0.2, 0.25) is 0 Å². The molecule has 0 aliphatic heterocycles. The molecule has 0 aliphatic carbocycles. The molecule has 26 heavy (non-hydrogen) atoms. The van der Waals surface area contributed by atoms with E-state index in [4.69, 9.17) is 18.9 Å². The van der Waals surface area contributed by atoms with Crippen LogP contribution in [0.1, 0.15) is 40.5 Å². The number of benzene rings is 2. The molecule has 141 valence electrons. The summed E-state index contributed by atoms with van der Waals surface area (Å²) in [6.45, 7) is 10.6. The lowest BCUT2D eigenvalue weighted by Crippen LogP contribution is -2.01. The first-order valence-electron chi connectivity index (χ1n) is 9.44. The van der Waals surface area contributed by atoms with Crippen LogP contribution < -0.4 is 18.9 Å². The van der Waals surface area contributed by atoms with Gasteiger partial charge in [-0.2, -0.15) is 0 Å². The molecule has 2 aromatic rings. The van der Waals surface area contributed by atoms with E-state index in [9.17, 15) is 0 Å². The van der Waals surface area contributed by atoms with Gasteiger partial charge in [0.25, 0.3) is 0 Å². The van der Waals surface area contributed by atoms with Crippen molar-refractivity contribution in [3.05, 3.63) is 36.4 Å². The maximum absolute atomic E-state index is 5.95. The fourth-order valence-corrected chi connectivity index (χ4v) is 2.55. The molecule has 2 rings (SSSR count). The predicted molar refractivity (Wildman–Crippen MR) is 105 cm³/mol. The topological polar surface area (TPSA) is 36.9 Å². The zero-order valence-corrected chi connectivity index (χ0v) is 16.3. The summed E-state index contributed by atoms with van der Waals surface area (Å²) < 4.78 is 23.2. The van der Waals surface area contributed by atoms with Crippen LogP contribution in [0.15, 0.2) is 30.3 Å². The molecule has 4 nitrogen and oxygen atoms in total. The maximum atomic E-state index is 5.95. The fraction of sp³-hybridized carbons (Fsp3) is 0.455. The van der Waals surface area contributed by atoms with Crippen LogP contribution in [0.25, 0.3) is 11.1 Å². The molecule has 2 aromatic carbocycles. The second kappa shape index (κ2) is 10.6. The Morgan fingerprint density at radius 3 is 2.12 bits per heavy atom. The highest BCUT2D eigenvalue weighted by atomic mass is 16.5. The predicted octanol–water partition coefficient (Wildman–Crippen LogP) is 5.53. The number of hydrogen-bond donors (Lipinski definition) is 0. The minimum atomic E-state index is 0.588. The van der Waals surface area contributed by atoms with Crippen molar-refractivity contribution >= 4 is 0 Å². The van der Waals surface area contributed by atoms with Gasteiger partial charge in [-0.3, -0.25) is 0 Å². The molecule has 0 saturated carbocycles. The van der Waals surface area contributed by atoms with Gasteiger partial charge in [0.05, 0.1) is 26.4 Å². The van der Waals surface area contributed by atoms with Crippen molar-refractivity contribution in [3.63, 3.8) is 0 Å². The average Bonchev–Trinajstić information content (AvgIpc) is 2.66. The third-order valence-corrected chi connectivity index (χ3v) is 3.66. The molecule has 1 radical (unpaired) electrons. The SMILES string of the molecule is CCCOc1[c]cc(OCCC)c(-c2cc(OCC)ccc2OCC)c1. The molecule has 0 spiro atoms. The smallest absolute Gasteiger partial charge is 0.128 e. The Balaban J connectivity index is 2.52. The van der Waals surface area contributed by atoms with Gasteiger partial charge >= 0.3 is 0 Å². The zero-order valence-electron chi connectivity index (χ0n) is 16.3. The van der Waals surface area contributed by atoms with E-state index in [0.29, 0.717) is 32.2 Å². The number of ether oxygens (including phenoxy) is 4. The minimum absolute atomic E-state index is 0.588. The van der Waals surface area contributed by atoms with Crippen LogP contribution in [0, 0.1) is 6.07 Å². The third kappa shape index (κ3) is 5.32. The van der Waals surface area contributed by atoms with Gasteiger partial charge in [0.15, 0.2) is 0 Å². The fourth-order valence-electron chi connectivity index (χ4n) is 2.55. The van der Waals surface area contributed by atoms with E-state index < -0.39 is 0 Å². The molecule has 0 saturated heterocycles. The van der Waals surface area contributed by atoms with Crippen LogP contribution in [0.3, 0.4) is 0 Å². The van der Waals surface area contributed by atoms with Gasteiger partial charge in [-0.15, -0.1) is 0 Å². The monoisotopic (exact) mass is 357 g/mol. The molecule has 0 bridgehead atoms. The highest BCUT2D eigenvalue weighted by Crippen LogP contribution is 2.40. The van der Waals surface area contributed by atoms with Crippen molar-refractivity contribution in [1.29, 1.82) is 0 Å². The highest BCUT2D eigenvalue weighted by Gasteiger charge is 2.15. The molecular formula is C22H29O4. The Kier molecular flexibility index (Phi) is 8.13. The van der Waals surface area contributed by atoms with Gasteiger partial charge < -0.3 is 18.9 Å². The van der Waals surface area contributed by atoms with Crippen LogP contribution >= 0.6 is 0 Å². The van der Waals surface area contributed by atoms with Crippen LogP contribution in [0.5, 0.6) is 23.0 Å². The van der Waals surface area contributed by atoms with E-state index in [1.54, 1.807) is 0 Å². The first kappa shape index (κ1) is 20.0. The first-order valence-corrected chi connectivity index (χ1v) is 9.44.